The van der Waals surface area contributed by atoms with Gasteiger partial charge in [0.2, 0.25) is 5.82 Å². The van der Waals surface area contributed by atoms with Crippen LogP contribution >= 0.6 is 11.6 Å². The molecule has 1 N–H and O–H groups in total. The van der Waals surface area contributed by atoms with Crippen LogP contribution in [0.4, 0.5) is 20.3 Å². The molecule has 0 atom stereocenters. The van der Waals surface area contributed by atoms with Gasteiger partial charge in [-0.2, -0.15) is 4.39 Å². The minimum absolute atomic E-state index is 0.0700. The van der Waals surface area contributed by atoms with Crippen molar-refractivity contribution < 1.29 is 18.5 Å². The van der Waals surface area contributed by atoms with Gasteiger partial charge >= 0.3 is 5.69 Å². The second-order valence-electron chi connectivity index (χ2n) is 3.72. The average Bonchev–Trinajstić information content (AvgIpc) is 2.43. The zero-order valence-electron chi connectivity index (χ0n) is 10.0. The molecule has 0 fully saturated rings. The van der Waals surface area contributed by atoms with Crippen LogP contribution in [0.3, 0.4) is 0 Å². The molecule has 1 heterocycles. The first-order valence-electron chi connectivity index (χ1n) is 5.31. The van der Waals surface area contributed by atoms with Crippen LogP contribution < -0.4 is 5.32 Å². The van der Waals surface area contributed by atoms with Gasteiger partial charge in [0.05, 0.1) is 28.9 Å². The number of aromatic nitrogens is 2. The predicted octanol–water partition coefficient (Wildman–Crippen LogP) is 2.57. The van der Waals surface area contributed by atoms with Crippen molar-refractivity contribution in [3.05, 3.63) is 57.0 Å². The summed E-state index contributed by atoms with van der Waals surface area (Å²) in [5.41, 5.74) is -1.96. The van der Waals surface area contributed by atoms with Gasteiger partial charge < -0.3 is 5.32 Å². The first-order chi connectivity index (χ1) is 9.88. The SMILES string of the molecule is O=C(Nc1cnc(Cl)cn1)c1cc(F)cc([N+](=O)[O-])c1F. The van der Waals surface area contributed by atoms with E-state index in [-0.39, 0.29) is 11.0 Å². The Morgan fingerprint density at radius 2 is 2.00 bits per heavy atom. The molecule has 10 heteroatoms. The highest BCUT2D eigenvalue weighted by molar-refractivity contribution is 6.29. The standard InChI is InChI=1S/C11H5ClF2N4O3/c12-8-3-16-9(4-15-8)17-11(19)6-1-5(13)2-7(10(6)14)18(20)21/h1-4H,(H,16,17,19). The van der Waals surface area contributed by atoms with Gasteiger partial charge in [-0.05, 0) is 6.07 Å². The lowest BCUT2D eigenvalue weighted by Crippen LogP contribution is -2.16. The van der Waals surface area contributed by atoms with Crippen molar-refractivity contribution in [1.82, 2.24) is 9.97 Å². The Kier molecular flexibility index (Phi) is 4.03. The van der Waals surface area contributed by atoms with Crippen molar-refractivity contribution >= 4 is 29.0 Å². The Morgan fingerprint density at radius 3 is 2.57 bits per heavy atom. The number of nitrogens with zero attached hydrogens (tertiary/aromatic N) is 3. The third kappa shape index (κ3) is 3.26. The highest BCUT2D eigenvalue weighted by atomic mass is 35.5. The van der Waals surface area contributed by atoms with Crippen LogP contribution in [0.2, 0.25) is 5.15 Å². The smallest absolute Gasteiger partial charge is 0.305 e. The molecule has 7 nitrogen and oxygen atoms in total. The fraction of sp³-hybridized carbons (Fsp3) is 0. The summed E-state index contributed by atoms with van der Waals surface area (Å²) in [6.07, 6.45) is 2.22. The zero-order chi connectivity index (χ0) is 15.6. The van der Waals surface area contributed by atoms with Gasteiger partial charge in [0, 0.05) is 0 Å². The molecule has 0 aliphatic heterocycles. The number of anilines is 1. The van der Waals surface area contributed by atoms with Gasteiger partial charge in [-0.25, -0.2) is 14.4 Å². The van der Waals surface area contributed by atoms with Crippen molar-refractivity contribution in [2.45, 2.75) is 0 Å². The number of hydrogen-bond acceptors (Lipinski definition) is 5. The lowest BCUT2D eigenvalue weighted by Gasteiger charge is -2.05. The average molecular weight is 315 g/mol. The molecular weight excluding hydrogens is 310 g/mol. The lowest BCUT2D eigenvalue weighted by atomic mass is 10.1. The van der Waals surface area contributed by atoms with Crippen LogP contribution in [0.5, 0.6) is 0 Å². The minimum atomic E-state index is -1.44. The predicted molar refractivity (Wildman–Crippen MR) is 68.0 cm³/mol. The highest BCUT2D eigenvalue weighted by Crippen LogP contribution is 2.23. The van der Waals surface area contributed by atoms with Gasteiger partial charge in [0.15, 0.2) is 5.82 Å². The second kappa shape index (κ2) is 5.75. The van der Waals surface area contributed by atoms with Crippen LogP contribution in [0.1, 0.15) is 10.4 Å². The summed E-state index contributed by atoms with van der Waals surface area (Å²) < 4.78 is 27.0. The first-order valence-corrected chi connectivity index (χ1v) is 5.68. The van der Waals surface area contributed by atoms with E-state index in [0.717, 1.165) is 12.4 Å². The molecule has 2 aromatic rings. The zero-order valence-corrected chi connectivity index (χ0v) is 10.8. The Bertz CT molecular complexity index is 724. The van der Waals surface area contributed by atoms with Crippen molar-refractivity contribution in [3.8, 4) is 0 Å². The summed E-state index contributed by atoms with van der Waals surface area (Å²) in [6, 6.07) is 0.926. The third-order valence-corrected chi connectivity index (χ3v) is 2.52. The number of halogens is 3. The van der Waals surface area contributed by atoms with E-state index in [1.165, 1.54) is 0 Å². The maximum Gasteiger partial charge on any atom is 0.308 e. The minimum Gasteiger partial charge on any atom is -0.305 e. The molecule has 108 valence electrons. The van der Waals surface area contributed by atoms with Gasteiger partial charge in [0.1, 0.15) is 11.0 Å². The molecule has 0 saturated heterocycles. The van der Waals surface area contributed by atoms with Crippen molar-refractivity contribution in [1.29, 1.82) is 0 Å². The molecule has 0 unspecified atom stereocenters. The molecule has 1 aromatic heterocycles. The number of carbonyl (C=O) groups is 1. The van der Waals surface area contributed by atoms with E-state index in [4.69, 9.17) is 11.6 Å². The Balaban J connectivity index is 2.35. The van der Waals surface area contributed by atoms with Gasteiger partial charge in [-0.3, -0.25) is 14.9 Å². The van der Waals surface area contributed by atoms with E-state index in [1.54, 1.807) is 0 Å². The molecule has 1 aromatic carbocycles. The summed E-state index contributed by atoms with van der Waals surface area (Å²) in [6.45, 7) is 0. The van der Waals surface area contributed by atoms with Crippen molar-refractivity contribution in [3.63, 3.8) is 0 Å². The summed E-state index contributed by atoms with van der Waals surface area (Å²) in [5.74, 6) is -3.74. The number of nitrogens with one attached hydrogen (secondary N) is 1. The van der Waals surface area contributed by atoms with Crippen LogP contribution in [0.25, 0.3) is 0 Å². The quantitative estimate of drug-likeness (QED) is 0.693. The Morgan fingerprint density at radius 1 is 1.29 bits per heavy atom. The number of rotatable bonds is 3. The number of benzene rings is 1. The topological polar surface area (TPSA) is 98.0 Å². The molecule has 0 saturated carbocycles. The molecule has 21 heavy (non-hydrogen) atoms. The lowest BCUT2D eigenvalue weighted by molar-refractivity contribution is -0.387. The van der Waals surface area contributed by atoms with E-state index < -0.39 is 33.7 Å². The molecule has 0 aliphatic carbocycles. The molecule has 0 spiro atoms. The van der Waals surface area contributed by atoms with E-state index in [2.05, 4.69) is 15.3 Å². The molecule has 2 rings (SSSR count). The van der Waals surface area contributed by atoms with Gasteiger partial charge in [0.25, 0.3) is 5.91 Å². The number of amides is 1. The fourth-order valence-electron chi connectivity index (χ4n) is 1.43. The van der Waals surface area contributed by atoms with Crippen molar-refractivity contribution in [2.24, 2.45) is 0 Å². The summed E-state index contributed by atoms with van der Waals surface area (Å²) >= 11 is 5.50. The number of hydrogen-bond donors (Lipinski definition) is 1. The Hall–Kier alpha value is -2.68. The molecule has 1 amide bonds. The van der Waals surface area contributed by atoms with E-state index in [1.807, 2.05) is 0 Å². The van der Waals surface area contributed by atoms with E-state index in [0.29, 0.717) is 12.1 Å². The van der Waals surface area contributed by atoms with Gasteiger partial charge in [-0.1, -0.05) is 11.6 Å². The number of nitro groups is 1. The number of carbonyl (C=O) groups excluding carboxylic acids is 1. The Labute approximate surface area is 120 Å². The number of nitro benzene ring substituents is 1. The maximum atomic E-state index is 13.8. The van der Waals surface area contributed by atoms with Crippen LogP contribution in [0.15, 0.2) is 24.5 Å². The largest absolute Gasteiger partial charge is 0.308 e. The summed E-state index contributed by atoms with van der Waals surface area (Å²) in [4.78, 5) is 28.6. The molecular formula is C11H5ClF2N4O3. The first kappa shape index (κ1) is 14.7. The summed E-state index contributed by atoms with van der Waals surface area (Å²) in [7, 11) is 0. The monoisotopic (exact) mass is 314 g/mol. The van der Waals surface area contributed by atoms with Crippen LogP contribution in [-0.2, 0) is 0 Å². The molecule has 0 bridgehead atoms. The van der Waals surface area contributed by atoms with E-state index >= 15 is 0 Å². The fourth-order valence-corrected chi connectivity index (χ4v) is 1.53. The van der Waals surface area contributed by atoms with Gasteiger partial charge in [-0.15, -0.1) is 0 Å². The van der Waals surface area contributed by atoms with Crippen LogP contribution in [-0.4, -0.2) is 20.8 Å². The maximum absolute atomic E-state index is 13.8. The highest BCUT2D eigenvalue weighted by Gasteiger charge is 2.24. The van der Waals surface area contributed by atoms with Crippen molar-refractivity contribution in [2.75, 3.05) is 5.32 Å². The summed E-state index contributed by atoms with van der Waals surface area (Å²) in [5, 5.41) is 12.8. The normalized spacial score (nSPS) is 10.2. The molecule has 0 aliphatic rings. The van der Waals surface area contributed by atoms with Crippen LogP contribution in [0, 0.1) is 21.7 Å². The second-order valence-corrected chi connectivity index (χ2v) is 4.11. The third-order valence-electron chi connectivity index (χ3n) is 2.32. The molecule has 0 radical (unpaired) electrons. The van der Waals surface area contributed by atoms with E-state index in [9.17, 15) is 23.7 Å².